The fraction of sp³-hybridized carbons (Fsp3) is 1.00. The van der Waals surface area contributed by atoms with Gasteiger partial charge in [0.1, 0.15) is 0 Å². The van der Waals surface area contributed by atoms with Crippen LogP contribution in [0, 0.1) is 10.8 Å². The predicted octanol–water partition coefficient (Wildman–Crippen LogP) is 7.08. The van der Waals surface area contributed by atoms with Crippen LogP contribution in [0.5, 0.6) is 0 Å². The molecule has 0 N–H and O–H groups in total. The molecule has 0 atom stereocenters. The first kappa shape index (κ1) is 27.1. The summed E-state index contributed by atoms with van der Waals surface area (Å²) < 4.78 is 33.1. The third kappa shape index (κ3) is 6.36. The van der Waals surface area contributed by atoms with E-state index in [0.29, 0.717) is 26.4 Å². The zero-order valence-electron chi connectivity index (χ0n) is 18.5. The number of hydrogen-bond donors (Lipinski definition) is 0. The van der Waals surface area contributed by atoms with E-state index in [0.717, 1.165) is 47.8 Å². The summed E-state index contributed by atoms with van der Waals surface area (Å²) in [5.74, 6) is 0. The van der Waals surface area contributed by atoms with E-state index < -0.39 is 26.0 Å². The molecule has 178 valence electrons. The molecule has 0 aliphatic carbocycles. The van der Waals surface area contributed by atoms with E-state index in [4.69, 9.17) is 46.4 Å². The van der Waals surface area contributed by atoms with Gasteiger partial charge in [0.25, 0.3) is 0 Å². The molecule has 3 rings (SSSR count). The Morgan fingerprint density at radius 1 is 0.733 bits per heavy atom. The fourth-order valence-corrected chi connectivity index (χ4v) is 80.7. The molecule has 0 amide bonds. The van der Waals surface area contributed by atoms with E-state index in [-0.39, 0.29) is 10.8 Å². The molecule has 0 aromatic heterocycles. The fourth-order valence-electron chi connectivity index (χ4n) is 3.50. The van der Waals surface area contributed by atoms with E-state index in [1.165, 1.54) is 0 Å². The van der Waals surface area contributed by atoms with Crippen LogP contribution in [0.2, 0.25) is 8.94 Å². The maximum absolute atomic E-state index is 6.34. The van der Waals surface area contributed by atoms with Gasteiger partial charge in [0.05, 0.1) is 0 Å². The monoisotopic (exact) mass is 652 g/mol. The van der Waals surface area contributed by atoms with Crippen molar-refractivity contribution < 1.29 is 22.8 Å². The normalized spacial score (nSPS) is 29.2. The van der Waals surface area contributed by atoms with Gasteiger partial charge in [-0.1, -0.05) is 0 Å². The average molecular weight is 650 g/mol. The van der Waals surface area contributed by atoms with Crippen LogP contribution in [-0.2, 0) is 46.4 Å². The van der Waals surface area contributed by atoms with Gasteiger partial charge in [0.2, 0.25) is 0 Å². The van der Waals surface area contributed by atoms with Crippen LogP contribution in [0.3, 0.4) is 0 Å². The second-order valence-corrected chi connectivity index (χ2v) is 43.7. The average Bonchev–Trinajstić information content (AvgIpc) is 2.76. The van der Waals surface area contributed by atoms with Crippen LogP contribution in [-0.4, -0.2) is 54.3 Å². The summed E-state index contributed by atoms with van der Waals surface area (Å²) in [5, 5.41) is 0. The van der Waals surface area contributed by atoms with Crippen molar-refractivity contribution >= 4 is 66.1 Å². The van der Waals surface area contributed by atoms with Gasteiger partial charge in [-0.2, -0.15) is 0 Å². The van der Waals surface area contributed by atoms with Crippen LogP contribution < -0.4 is 0 Å². The van der Waals surface area contributed by atoms with Crippen molar-refractivity contribution in [3.63, 3.8) is 0 Å². The van der Waals surface area contributed by atoms with Crippen molar-refractivity contribution in [1.29, 1.82) is 0 Å². The van der Waals surface area contributed by atoms with Gasteiger partial charge in [-0.05, 0) is 0 Å². The molecule has 0 aromatic carbocycles. The first-order valence-corrected chi connectivity index (χ1v) is 27.7. The van der Waals surface area contributed by atoms with Gasteiger partial charge in [-0.15, -0.1) is 0 Å². The van der Waals surface area contributed by atoms with E-state index in [1.807, 2.05) is 16.4 Å². The molecule has 3 aliphatic heterocycles. The SMILES string of the molecule is CCC1(CC)COP(=S)(S[Te]2(#SP3(=S)OCC(CC)(CC)CO3)CCOCC2)OC1. The molecule has 0 saturated carbocycles. The van der Waals surface area contributed by atoms with Crippen molar-refractivity contribution in [3.05, 3.63) is 0 Å². The van der Waals surface area contributed by atoms with Crippen LogP contribution in [0.4, 0.5) is 0 Å². The van der Waals surface area contributed by atoms with Gasteiger partial charge < -0.3 is 0 Å². The second kappa shape index (κ2) is 11.0. The van der Waals surface area contributed by atoms with Gasteiger partial charge in [0, 0.05) is 0 Å². The quantitative estimate of drug-likeness (QED) is 0.231. The molecule has 0 radical (unpaired) electrons. The van der Waals surface area contributed by atoms with Gasteiger partial charge >= 0.3 is 202 Å². The summed E-state index contributed by atoms with van der Waals surface area (Å²) in [7, 11) is 3.74. The number of ether oxygens (including phenoxy) is 1. The summed E-state index contributed by atoms with van der Waals surface area (Å²) in [4.78, 5) is 0. The summed E-state index contributed by atoms with van der Waals surface area (Å²) in [6.45, 7) is 13.2. The molecule has 3 fully saturated rings. The van der Waals surface area contributed by atoms with Crippen LogP contribution in [0.1, 0.15) is 53.4 Å². The Kier molecular flexibility index (Phi) is 9.94. The molecule has 3 saturated heterocycles. The first-order chi connectivity index (χ1) is 14.2. The minimum atomic E-state index is -2.70. The molecular formula is C18H36O5P2S4Te. The molecule has 5 nitrogen and oxygen atoms in total. The van der Waals surface area contributed by atoms with Crippen molar-refractivity contribution in [2.75, 3.05) is 39.6 Å². The summed E-state index contributed by atoms with van der Waals surface area (Å²) >= 11 is 9.30. The molecule has 0 spiro atoms. The van der Waals surface area contributed by atoms with E-state index in [9.17, 15) is 0 Å². The molecule has 0 unspecified atom stereocenters. The molecule has 30 heavy (non-hydrogen) atoms. The van der Waals surface area contributed by atoms with Gasteiger partial charge in [0.15, 0.2) is 0 Å². The molecule has 3 heterocycles. The van der Waals surface area contributed by atoms with Gasteiger partial charge in [-0.25, -0.2) is 0 Å². The topological polar surface area (TPSA) is 46.2 Å². The molecule has 12 heteroatoms. The Bertz CT molecular complexity index is 791. The summed E-state index contributed by atoms with van der Waals surface area (Å²) in [6, 6.07) is 0. The first-order valence-electron chi connectivity index (χ1n) is 10.8. The Morgan fingerprint density at radius 3 is 1.53 bits per heavy atom. The Hall–Kier alpha value is 2.46. The van der Waals surface area contributed by atoms with Crippen molar-refractivity contribution in [1.82, 2.24) is 0 Å². The number of hydrogen-bond acceptors (Lipinski definition) is 8. The second-order valence-electron chi connectivity index (χ2n) is 8.32. The van der Waals surface area contributed by atoms with Crippen molar-refractivity contribution in [2.45, 2.75) is 62.3 Å². The van der Waals surface area contributed by atoms with Crippen molar-refractivity contribution in [3.8, 4) is 0 Å². The third-order valence-electron chi connectivity index (χ3n) is 6.65. The van der Waals surface area contributed by atoms with Crippen molar-refractivity contribution in [2.24, 2.45) is 10.8 Å². The zero-order valence-corrected chi connectivity index (χ0v) is 25.8. The maximum atomic E-state index is 6.34. The number of rotatable bonds is 5. The minimum absolute atomic E-state index is 0.109. The van der Waals surface area contributed by atoms with Crippen LogP contribution in [0.15, 0.2) is 0 Å². The molecule has 0 bridgehead atoms. The predicted molar refractivity (Wildman–Crippen MR) is 140 cm³/mol. The van der Waals surface area contributed by atoms with E-state index in [1.54, 1.807) is 0 Å². The Balaban J connectivity index is 1.83. The molecular weight excluding hydrogens is 614 g/mol. The van der Waals surface area contributed by atoms with Crippen LogP contribution in [0.25, 0.3) is 0 Å². The summed E-state index contributed by atoms with van der Waals surface area (Å²) in [6.07, 6.45) is 4.21. The summed E-state index contributed by atoms with van der Waals surface area (Å²) in [5.41, 5.74) is -4.52. The third-order valence-corrected chi connectivity index (χ3v) is 61.6. The van der Waals surface area contributed by atoms with E-state index in [2.05, 4.69) is 27.7 Å². The Morgan fingerprint density at radius 2 is 1.13 bits per heavy atom. The standard InChI is InChI=1S/C18H36O5P2S4Te/c1-5-17(6-2)13-20-24(26,21-14-17)28-30(11-9-19-10-12-30)29-25(27)22-15-18(7-3,8-4)16-23-25/h5-16H2,1-4H3. The molecule has 0 aromatic rings. The van der Waals surface area contributed by atoms with Gasteiger partial charge in [-0.3, -0.25) is 0 Å². The Labute approximate surface area is 200 Å². The van der Waals surface area contributed by atoms with E-state index >= 15 is 0 Å². The zero-order chi connectivity index (χ0) is 21.9. The molecule has 3 aliphatic rings. The van der Waals surface area contributed by atoms with Crippen LogP contribution >= 0.6 is 27.8 Å².